The second-order valence-corrected chi connectivity index (χ2v) is 20.7. The zero-order valence-electron chi connectivity index (χ0n) is 42.6. The van der Waals surface area contributed by atoms with E-state index in [-0.39, 0.29) is 77.1 Å². The van der Waals surface area contributed by atoms with E-state index in [0.717, 1.165) is 6.42 Å². The van der Waals surface area contributed by atoms with Crippen molar-refractivity contribution in [2.24, 2.45) is 29.6 Å². The molecule has 0 radical (unpaired) electrons. The number of amides is 5. The van der Waals surface area contributed by atoms with Crippen molar-refractivity contribution in [2.75, 3.05) is 41.1 Å². The van der Waals surface area contributed by atoms with Crippen LogP contribution in [-0.4, -0.2) is 150 Å². The molecule has 1 saturated carbocycles. The van der Waals surface area contributed by atoms with Gasteiger partial charge in [0.1, 0.15) is 17.9 Å². The van der Waals surface area contributed by atoms with Gasteiger partial charge in [0.2, 0.25) is 29.5 Å². The molecule has 0 aromatic heterocycles. The molecule has 1 saturated heterocycles. The third kappa shape index (κ3) is 15.1. The van der Waals surface area contributed by atoms with Crippen LogP contribution >= 0.6 is 11.8 Å². The smallest absolute Gasteiger partial charge is 0.245 e. The van der Waals surface area contributed by atoms with Crippen molar-refractivity contribution in [3.8, 4) is 0 Å². The first kappa shape index (κ1) is 57.5. The van der Waals surface area contributed by atoms with E-state index in [0.29, 0.717) is 57.1 Å². The van der Waals surface area contributed by atoms with Crippen LogP contribution in [0.25, 0.3) is 0 Å². The number of aliphatic hydroxyl groups excluding tert-OH is 1. The fourth-order valence-electron chi connectivity index (χ4n) is 10.0. The number of unbranched alkanes of at least 4 members (excludes halogenated alkanes) is 2. The molecule has 67 heavy (non-hydrogen) atoms. The Balaban J connectivity index is 1.69. The number of Topliss-reactive ketones (excluding diaryl/α,β-unsaturated/α-hetero) is 2. The van der Waals surface area contributed by atoms with Gasteiger partial charge in [-0.2, -0.15) is 11.8 Å². The lowest BCUT2D eigenvalue weighted by Gasteiger charge is -2.41. The quantitative estimate of drug-likeness (QED) is 0.0734. The molecule has 3 N–H and O–H groups in total. The van der Waals surface area contributed by atoms with E-state index >= 15 is 0 Å². The standard InChI is InChI=1S/C51H83N5O10S/c1-14-32(6)45(39(65-11)29-42(59)56-27-21-25-37(56)48(66-12)33(7)49(62)52-34(8)46(60)35-22-17-15-18-23-35)55(10)51(64)43(30(2)3)53-50(63)44(31(4)5)54(9)41(58)26-20-16-19-24-36-38(57)28-40(67-13)47(36)61/h15,17-18,22-23,30-34,36-37,39-40,43-46,48,60H,14,16,19-21,24-29H2,1-13H3,(H,52,62)(H,53,63)/t32-,33+,34+,36?,37-,39+,40?,43-,44-,45-,46+,48+/m0/s1. The van der Waals surface area contributed by atoms with E-state index in [2.05, 4.69) is 10.6 Å². The van der Waals surface area contributed by atoms with Crippen molar-refractivity contribution in [3.05, 3.63) is 35.9 Å². The molecule has 1 aliphatic heterocycles. The van der Waals surface area contributed by atoms with Gasteiger partial charge in [0, 0.05) is 47.7 Å². The number of nitrogens with zero attached hydrogens (tertiary/aromatic N) is 3. The monoisotopic (exact) mass is 958 g/mol. The van der Waals surface area contributed by atoms with E-state index in [4.69, 9.17) is 9.47 Å². The lowest BCUT2D eigenvalue weighted by Crippen LogP contribution is -2.60. The van der Waals surface area contributed by atoms with Gasteiger partial charge >= 0.3 is 0 Å². The van der Waals surface area contributed by atoms with Crippen LogP contribution in [0.1, 0.15) is 131 Å². The van der Waals surface area contributed by atoms with Gasteiger partial charge in [0.05, 0.1) is 59.9 Å². The summed E-state index contributed by atoms with van der Waals surface area (Å²) in [7, 11) is 6.36. The molecule has 1 heterocycles. The number of ether oxygens (including phenoxy) is 2. The number of likely N-dealkylation sites (tertiary alicyclic amines) is 1. The van der Waals surface area contributed by atoms with Crippen molar-refractivity contribution in [1.82, 2.24) is 25.3 Å². The van der Waals surface area contributed by atoms with Crippen molar-refractivity contribution in [3.63, 3.8) is 0 Å². The van der Waals surface area contributed by atoms with Crippen LogP contribution in [0.5, 0.6) is 0 Å². The number of rotatable bonds is 27. The number of thioether (sulfide) groups is 1. The van der Waals surface area contributed by atoms with Crippen LogP contribution in [-0.2, 0) is 43.0 Å². The number of carbonyl (C=O) groups is 7. The molecule has 378 valence electrons. The summed E-state index contributed by atoms with van der Waals surface area (Å²) in [5.74, 6) is -3.34. The number of nitrogens with one attached hydrogen (secondary N) is 2. The Kier molecular flexibility index (Phi) is 23.5. The number of carbonyl (C=O) groups excluding carboxylic acids is 7. The van der Waals surface area contributed by atoms with Crippen molar-refractivity contribution >= 4 is 52.9 Å². The molecule has 1 aromatic carbocycles. The predicted octanol–water partition coefficient (Wildman–Crippen LogP) is 5.61. The van der Waals surface area contributed by atoms with Gasteiger partial charge in [-0.05, 0) is 62.2 Å². The molecule has 12 atom stereocenters. The molecule has 3 rings (SSSR count). The predicted molar refractivity (Wildman–Crippen MR) is 262 cm³/mol. The van der Waals surface area contributed by atoms with E-state index in [1.165, 1.54) is 30.9 Å². The minimum Gasteiger partial charge on any atom is -0.386 e. The van der Waals surface area contributed by atoms with E-state index in [9.17, 15) is 38.7 Å². The summed E-state index contributed by atoms with van der Waals surface area (Å²) < 4.78 is 12.0. The van der Waals surface area contributed by atoms with Gasteiger partial charge in [0.15, 0.2) is 5.78 Å². The molecule has 1 aliphatic carbocycles. The maximum Gasteiger partial charge on any atom is 0.245 e. The minimum absolute atomic E-state index is 0.00516. The first-order valence-corrected chi connectivity index (χ1v) is 25.8. The van der Waals surface area contributed by atoms with Gasteiger partial charge < -0.3 is 39.9 Å². The van der Waals surface area contributed by atoms with Crippen molar-refractivity contribution < 1.29 is 48.1 Å². The number of hydrogen-bond donors (Lipinski definition) is 3. The highest BCUT2D eigenvalue weighted by Gasteiger charge is 2.44. The summed E-state index contributed by atoms with van der Waals surface area (Å²) in [6.07, 6.45) is 4.48. The highest BCUT2D eigenvalue weighted by Crippen LogP contribution is 2.32. The van der Waals surface area contributed by atoms with Crippen LogP contribution in [0.2, 0.25) is 0 Å². The van der Waals surface area contributed by atoms with Crippen molar-refractivity contribution in [1.29, 1.82) is 0 Å². The maximum atomic E-state index is 14.6. The van der Waals surface area contributed by atoms with Crippen molar-refractivity contribution in [2.45, 2.75) is 173 Å². The molecular formula is C51H83N5O10S. The van der Waals surface area contributed by atoms with Gasteiger partial charge in [-0.1, -0.05) is 98.1 Å². The summed E-state index contributed by atoms with van der Waals surface area (Å²) in [4.78, 5) is 99.9. The topological polar surface area (TPSA) is 192 Å². The molecule has 0 bridgehead atoms. The minimum atomic E-state index is -0.941. The molecule has 15 nitrogen and oxygen atoms in total. The molecule has 0 spiro atoms. The average molecular weight is 958 g/mol. The van der Waals surface area contributed by atoms with E-state index < -0.39 is 60.2 Å². The Labute approximate surface area is 404 Å². The fraction of sp³-hybridized carbons (Fsp3) is 0.745. The SMILES string of the molecule is CC[C@H](C)[C@@H]([C@@H](CC(=O)N1CCC[C@H]1[C@H](OC)[C@@H](C)C(=O)N[C@H](C)[C@@H](O)c1ccccc1)OC)N(C)C(=O)[C@@H](NC(=O)[C@H](C(C)C)N(C)C(=O)CCCCCC1C(=O)CC(SC)C1=O)C(C)C. The Morgan fingerprint density at radius 1 is 0.881 bits per heavy atom. The van der Waals surface area contributed by atoms with Crippen LogP contribution in [0, 0.1) is 29.6 Å². The largest absolute Gasteiger partial charge is 0.386 e. The van der Waals surface area contributed by atoms with Crippen LogP contribution in [0.3, 0.4) is 0 Å². The highest BCUT2D eigenvalue weighted by molar-refractivity contribution is 8.00. The number of methoxy groups -OCH3 is 2. The molecule has 5 amide bonds. The maximum absolute atomic E-state index is 14.6. The number of ketones is 2. The Hall–Kier alpha value is -3.86. The summed E-state index contributed by atoms with van der Waals surface area (Å²) in [5.41, 5.74) is 0.690. The second-order valence-electron chi connectivity index (χ2n) is 19.6. The van der Waals surface area contributed by atoms with Gasteiger partial charge in [-0.25, -0.2) is 0 Å². The summed E-state index contributed by atoms with van der Waals surface area (Å²) in [6, 6.07) is 5.83. The third-order valence-electron chi connectivity index (χ3n) is 14.3. The fourth-order valence-corrected chi connectivity index (χ4v) is 10.7. The lowest BCUT2D eigenvalue weighted by atomic mass is 9.89. The normalized spacial score (nSPS) is 21.6. The van der Waals surface area contributed by atoms with Gasteiger partial charge in [0.25, 0.3) is 0 Å². The zero-order valence-corrected chi connectivity index (χ0v) is 43.4. The second kappa shape index (κ2) is 27.4. The first-order chi connectivity index (χ1) is 31.7. The number of benzene rings is 1. The number of aliphatic hydroxyl groups is 1. The Morgan fingerprint density at radius 2 is 1.54 bits per heavy atom. The Morgan fingerprint density at radius 3 is 2.09 bits per heavy atom. The first-order valence-electron chi connectivity index (χ1n) is 24.5. The average Bonchev–Trinajstić information content (AvgIpc) is 3.90. The lowest BCUT2D eigenvalue weighted by molar-refractivity contribution is -0.148. The Bertz CT molecular complexity index is 1800. The third-order valence-corrected chi connectivity index (χ3v) is 15.3. The number of hydrogen-bond acceptors (Lipinski definition) is 11. The highest BCUT2D eigenvalue weighted by atomic mass is 32.2. The van der Waals surface area contributed by atoms with Gasteiger partial charge in [-0.3, -0.25) is 33.6 Å². The van der Waals surface area contributed by atoms with Crippen LogP contribution < -0.4 is 10.6 Å². The summed E-state index contributed by atoms with van der Waals surface area (Å²) in [6.45, 7) is 15.4. The van der Waals surface area contributed by atoms with Crippen LogP contribution in [0.15, 0.2) is 30.3 Å². The van der Waals surface area contributed by atoms with E-state index in [1.54, 1.807) is 49.9 Å². The molecule has 2 unspecified atom stereocenters. The van der Waals surface area contributed by atoms with Gasteiger partial charge in [-0.15, -0.1) is 0 Å². The molecular weight excluding hydrogens is 875 g/mol. The molecule has 16 heteroatoms. The zero-order chi connectivity index (χ0) is 50.3. The summed E-state index contributed by atoms with van der Waals surface area (Å²) >= 11 is 1.42. The summed E-state index contributed by atoms with van der Waals surface area (Å²) in [5, 5.41) is 16.6. The van der Waals surface area contributed by atoms with E-state index in [1.807, 2.05) is 66.0 Å². The number of likely N-dealkylation sites (N-methyl/N-ethyl adjacent to an activating group) is 2. The molecule has 1 aromatic rings. The molecule has 2 aliphatic rings. The van der Waals surface area contributed by atoms with Crippen LogP contribution in [0.4, 0.5) is 0 Å². The molecule has 2 fully saturated rings.